The van der Waals surface area contributed by atoms with Gasteiger partial charge < -0.3 is 0 Å². The molecule has 86 valence electrons. The highest BCUT2D eigenvalue weighted by Gasteiger charge is 2.12. The number of hydrogen-bond acceptors (Lipinski definition) is 1. The summed E-state index contributed by atoms with van der Waals surface area (Å²) in [4.78, 5) is 2.32. The molecule has 0 fully saturated rings. The predicted molar refractivity (Wildman–Crippen MR) is 68.9 cm³/mol. The first-order valence-corrected chi connectivity index (χ1v) is 6.03. The van der Waals surface area contributed by atoms with Gasteiger partial charge in [-0.25, -0.2) is 0 Å². The molecule has 15 heavy (non-hydrogen) atoms. The van der Waals surface area contributed by atoms with Crippen molar-refractivity contribution in [3.8, 4) is 0 Å². The standard InChI is InChI=1S/C9H11N.C3H8.C2H6/c1-10-6-8-4-2-3-5-9(8)7-10;1-3-2;1-2/h2-5H,6-7H2,1H3;3H2,1-2H3;1-2H3. The van der Waals surface area contributed by atoms with Crippen molar-refractivity contribution in [1.29, 1.82) is 0 Å². The average molecular weight is 207 g/mol. The van der Waals surface area contributed by atoms with Crippen LogP contribution in [0.25, 0.3) is 0 Å². The van der Waals surface area contributed by atoms with Crippen LogP contribution in [0.2, 0.25) is 0 Å². The van der Waals surface area contributed by atoms with Crippen LogP contribution in [0.4, 0.5) is 0 Å². The Morgan fingerprint density at radius 1 is 1.00 bits per heavy atom. The van der Waals surface area contributed by atoms with E-state index >= 15 is 0 Å². The molecule has 0 radical (unpaired) electrons. The second-order valence-electron chi connectivity index (χ2n) is 3.65. The van der Waals surface area contributed by atoms with Gasteiger partial charge in [0.25, 0.3) is 0 Å². The van der Waals surface area contributed by atoms with Crippen LogP contribution in [-0.4, -0.2) is 11.9 Å². The van der Waals surface area contributed by atoms with Gasteiger partial charge in [-0.3, -0.25) is 4.90 Å². The molecule has 1 aromatic rings. The van der Waals surface area contributed by atoms with Crippen LogP contribution in [0.15, 0.2) is 24.3 Å². The molecule has 2 rings (SSSR count). The fourth-order valence-corrected chi connectivity index (χ4v) is 1.50. The molecule has 0 spiro atoms. The van der Waals surface area contributed by atoms with Gasteiger partial charge in [0.2, 0.25) is 0 Å². The van der Waals surface area contributed by atoms with Crippen molar-refractivity contribution in [2.45, 2.75) is 47.2 Å². The molecule has 1 aliphatic rings. The molecule has 0 saturated carbocycles. The van der Waals surface area contributed by atoms with E-state index in [2.05, 4.69) is 50.1 Å². The zero-order chi connectivity index (χ0) is 11.7. The highest BCUT2D eigenvalue weighted by Crippen LogP contribution is 2.19. The normalized spacial score (nSPS) is 13.1. The summed E-state index contributed by atoms with van der Waals surface area (Å²) in [7, 11) is 2.15. The van der Waals surface area contributed by atoms with Crippen LogP contribution in [0.5, 0.6) is 0 Å². The lowest BCUT2D eigenvalue weighted by Crippen LogP contribution is -2.07. The number of rotatable bonds is 0. The monoisotopic (exact) mass is 207 g/mol. The number of benzene rings is 1. The molecule has 1 aliphatic heterocycles. The first-order valence-electron chi connectivity index (χ1n) is 6.03. The minimum Gasteiger partial charge on any atom is -0.298 e. The highest BCUT2D eigenvalue weighted by atomic mass is 15.1. The van der Waals surface area contributed by atoms with E-state index in [1.807, 2.05) is 13.8 Å². The van der Waals surface area contributed by atoms with Crippen molar-refractivity contribution in [2.24, 2.45) is 0 Å². The van der Waals surface area contributed by atoms with Crippen molar-refractivity contribution in [3.05, 3.63) is 35.4 Å². The largest absolute Gasteiger partial charge is 0.298 e. The van der Waals surface area contributed by atoms with Crippen molar-refractivity contribution in [2.75, 3.05) is 7.05 Å². The maximum atomic E-state index is 2.32. The summed E-state index contributed by atoms with van der Waals surface area (Å²) in [5.74, 6) is 0. The van der Waals surface area contributed by atoms with Crippen molar-refractivity contribution < 1.29 is 0 Å². The van der Waals surface area contributed by atoms with Crippen LogP contribution in [0.1, 0.15) is 45.2 Å². The van der Waals surface area contributed by atoms with Crippen LogP contribution in [0, 0.1) is 0 Å². The SMILES string of the molecule is CC.CCC.CN1Cc2ccccc2C1. The Labute approximate surface area is 95.1 Å². The van der Waals surface area contributed by atoms with Gasteiger partial charge in [-0.1, -0.05) is 58.4 Å². The van der Waals surface area contributed by atoms with Gasteiger partial charge >= 0.3 is 0 Å². The van der Waals surface area contributed by atoms with E-state index in [0.717, 1.165) is 13.1 Å². The Kier molecular flexibility index (Phi) is 8.02. The van der Waals surface area contributed by atoms with Gasteiger partial charge in [-0.05, 0) is 18.2 Å². The molecule has 0 aliphatic carbocycles. The molecule has 0 bridgehead atoms. The third-order valence-electron chi connectivity index (χ3n) is 2.00. The molecular formula is C14H25N. The molecule has 0 aromatic heterocycles. The van der Waals surface area contributed by atoms with Gasteiger partial charge in [0.1, 0.15) is 0 Å². The molecule has 1 heterocycles. The molecular weight excluding hydrogens is 182 g/mol. The maximum Gasteiger partial charge on any atom is 0.0237 e. The van der Waals surface area contributed by atoms with E-state index in [1.54, 1.807) is 0 Å². The number of hydrogen-bond donors (Lipinski definition) is 0. The second kappa shape index (κ2) is 8.49. The molecule has 1 heteroatoms. The van der Waals surface area contributed by atoms with E-state index in [4.69, 9.17) is 0 Å². The molecule has 0 amide bonds. The van der Waals surface area contributed by atoms with E-state index in [1.165, 1.54) is 17.5 Å². The highest BCUT2D eigenvalue weighted by molar-refractivity contribution is 5.29. The molecule has 1 nitrogen and oxygen atoms in total. The van der Waals surface area contributed by atoms with Gasteiger partial charge in [0.05, 0.1) is 0 Å². The van der Waals surface area contributed by atoms with Gasteiger partial charge in [-0.2, -0.15) is 0 Å². The lowest BCUT2D eigenvalue weighted by molar-refractivity contribution is 0.353. The first kappa shape index (κ1) is 14.2. The lowest BCUT2D eigenvalue weighted by Gasteiger charge is -2.02. The molecule has 0 N–H and O–H groups in total. The third kappa shape index (κ3) is 4.98. The van der Waals surface area contributed by atoms with Gasteiger partial charge in [-0.15, -0.1) is 0 Å². The van der Waals surface area contributed by atoms with Crippen LogP contribution in [-0.2, 0) is 13.1 Å². The van der Waals surface area contributed by atoms with Gasteiger partial charge in [0.15, 0.2) is 0 Å². The summed E-state index contributed by atoms with van der Waals surface area (Å²) >= 11 is 0. The smallest absolute Gasteiger partial charge is 0.0237 e. The summed E-state index contributed by atoms with van der Waals surface area (Å²) in [5.41, 5.74) is 2.98. The molecule has 0 unspecified atom stereocenters. The Bertz CT molecular complexity index is 230. The number of fused-ring (bicyclic) bond motifs is 1. The maximum absolute atomic E-state index is 2.32. The van der Waals surface area contributed by atoms with E-state index in [9.17, 15) is 0 Å². The topological polar surface area (TPSA) is 3.24 Å². The van der Waals surface area contributed by atoms with Crippen molar-refractivity contribution >= 4 is 0 Å². The Morgan fingerprint density at radius 2 is 1.33 bits per heavy atom. The second-order valence-corrected chi connectivity index (χ2v) is 3.65. The fraction of sp³-hybridized carbons (Fsp3) is 0.571. The van der Waals surface area contributed by atoms with E-state index < -0.39 is 0 Å². The summed E-state index contributed by atoms with van der Waals surface area (Å²) in [5, 5.41) is 0. The Balaban J connectivity index is 0.000000342. The zero-order valence-corrected chi connectivity index (χ0v) is 10.9. The van der Waals surface area contributed by atoms with Gasteiger partial charge in [0, 0.05) is 13.1 Å². The average Bonchev–Trinajstić information content (AvgIpc) is 2.62. The predicted octanol–water partition coefficient (Wildman–Crippen LogP) is 4.07. The van der Waals surface area contributed by atoms with Crippen molar-refractivity contribution in [1.82, 2.24) is 4.90 Å². The summed E-state index contributed by atoms with van der Waals surface area (Å²) in [6.07, 6.45) is 1.25. The fourth-order valence-electron chi connectivity index (χ4n) is 1.50. The first-order chi connectivity index (χ1) is 7.27. The summed E-state index contributed by atoms with van der Waals surface area (Å²) < 4.78 is 0. The summed E-state index contributed by atoms with van der Waals surface area (Å²) in [6, 6.07) is 8.63. The van der Waals surface area contributed by atoms with Crippen LogP contribution >= 0.6 is 0 Å². The minimum atomic E-state index is 1.12. The Hall–Kier alpha value is -0.820. The minimum absolute atomic E-state index is 1.12. The zero-order valence-electron chi connectivity index (χ0n) is 10.9. The molecule has 1 aromatic carbocycles. The lowest BCUT2D eigenvalue weighted by atomic mass is 10.1. The van der Waals surface area contributed by atoms with Crippen LogP contribution < -0.4 is 0 Å². The number of nitrogens with zero attached hydrogens (tertiary/aromatic N) is 1. The Morgan fingerprint density at radius 3 is 1.67 bits per heavy atom. The van der Waals surface area contributed by atoms with Crippen molar-refractivity contribution in [3.63, 3.8) is 0 Å². The quantitative estimate of drug-likeness (QED) is 0.619. The molecule has 0 atom stereocenters. The molecule has 0 saturated heterocycles. The third-order valence-corrected chi connectivity index (χ3v) is 2.00. The van der Waals surface area contributed by atoms with E-state index in [-0.39, 0.29) is 0 Å². The van der Waals surface area contributed by atoms with E-state index in [0.29, 0.717) is 0 Å². The van der Waals surface area contributed by atoms with Crippen LogP contribution in [0.3, 0.4) is 0 Å². The summed E-state index contributed by atoms with van der Waals surface area (Å²) in [6.45, 7) is 10.5.